The fraction of sp³-hybridized carbons (Fsp3) is 0.286. The van der Waals surface area contributed by atoms with Gasteiger partial charge in [-0.15, -0.1) is 0 Å². The molecule has 0 saturated heterocycles. The number of hydrogen-bond donors (Lipinski definition) is 2. The van der Waals surface area contributed by atoms with Crippen LogP contribution in [0.2, 0.25) is 0 Å². The number of amides is 2. The Balaban J connectivity index is 1.47. The van der Waals surface area contributed by atoms with Crippen molar-refractivity contribution in [3.63, 3.8) is 0 Å². The van der Waals surface area contributed by atoms with E-state index in [0.29, 0.717) is 41.7 Å². The van der Waals surface area contributed by atoms with Crippen LogP contribution in [0, 0.1) is 13.8 Å². The van der Waals surface area contributed by atoms with Crippen LogP contribution in [-0.4, -0.2) is 20.9 Å². The van der Waals surface area contributed by atoms with Crippen molar-refractivity contribution in [1.82, 2.24) is 14.5 Å². The van der Waals surface area contributed by atoms with Gasteiger partial charge in [0.15, 0.2) is 0 Å². The van der Waals surface area contributed by atoms with Gasteiger partial charge in [0.2, 0.25) is 11.8 Å². The molecule has 0 unspecified atom stereocenters. The molecule has 0 spiro atoms. The van der Waals surface area contributed by atoms with Gasteiger partial charge in [0.1, 0.15) is 12.3 Å². The van der Waals surface area contributed by atoms with Crippen molar-refractivity contribution in [1.29, 1.82) is 0 Å². The number of aromatic nitrogens is 2. The van der Waals surface area contributed by atoms with Crippen LogP contribution in [-0.2, 0) is 29.2 Å². The van der Waals surface area contributed by atoms with Gasteiger partial charge in [-0.25, -0.2) is 4.79 Å². The zero-order chi connectivity index (χ0) is 26.4. The number of nitrogens with one attached hydrogen (secondary N) is 2. The van der Waals surface area contributed by atoms with Crippen LogP contribution < -0.4 is 21.9 Å². The number of benzene rings is 2. The summed E-state index contributed by atoms with van der Waals surface area (Å²) >= 11 is 0. The molecule has 2 amide bonds. The number of aryl methyl sites for hydroxylation is 1. The lowest BCUT2D eigenvalue weighted by Gasteiger charge is -2.15. The molecule has 0 radical (unpaired) electrons. The summed E-state index contributed by atoms with van der Waals surface area (Å²) in [5.41, 5.74) is 2.12. The minimum Gasteiger partial charge on any atom is -0.467 e. The van der Waals surface area contributed by atoms with Gasteiger partial charge in [-0.2, -0.15) is 0 Å². The van der Waals surface area contributed by atoms with Gasteiger partial charge in [-0.1, -0.05) is 24.3 Å². The topological polar surface area (TPSA) is 115 Å². The van der Waals surface area contributed by atoms with E-state index < -0.39 is 11.2 Å². The van der Waals surface area contributed by atoms with Gasteiger partial charge in [0.05, 0.1) is 23.7 Å². The Kier molecular flexibility index (Phi) is 8.02. The van der Waals surface area contributed by atoms with E-state index in [-0.39, 0.29) is 31.3 Å². The molecule has 4 aromatic rings. The molecule has 192 valence electrons. The van der Waals surface area contributed by atoms with Gasteiger partial charge in [0, 0.05) is 18.7 Å². The molecule has 9 nitrogen and oxygen atoms in total. The minimum absolute atomic E-state index is 0.136. The summed E-state index contributed by atoms with van der Waals surface area (Å²) in [7, 11) is 0. The summed E-state index contributed by atoms with van der Waals surface area (Å²) < 4.78 is 7.67. The predicted octanol–water partition coefficient (Wildman–Crippen LogP) is 3.50. The van der Waals surface area contributed by atoms with Crippen LogP contribution in [0.3, 0.4) is 0 Å². The smallest absolute Gasteiger partial charge is 0.331 e. The van der Waals surface area contributed by atoms with Crippen molar-refractivity contribution in [2.24, 2.45) is 0 Å². The minimum atomic E-state index is -0.554. The Morgan fingerprint density at radius 2 is 1.70 bits per heavy atom. The maximum absolute atomic E-state index is 13.3. The Morgan fingerprint density at radius 3 is 2.49 bits per heavy atom. The van der Waals surface area contributed by atoms with E-state index >= 15 is 0 Å². The van der Waals surface area contributed by atoms with E-state index in [0.717, 1.165) is 15.7 Å². The number of unbranched alkanes of at least 4 members (excludes halogenated alkanes) is 1. The zero-order valence-electron chi connectivity index (χ0n) is 21.0. The highest BCUT2D eigenvalue weighted by Gasteiger charge is 2.16. The molecule has 9 heteroatoms. The van der Waals surface area contributed by atoms with Gasteiger partial charge in [-0.3, -0.25) is 23.5 Å². The number of carbonyl (C=O) groups excluding carboxylic acids is 2. The maximum Gasteiger partial charge on any atom is 0.331 e. The van der Waals surface area contributed by atoms with Crippen LogP contribution in [0.25, 0.3) is 10.9 Å². The third-order valence-corrected chi connectivity index (χ3v) is 6.39. The summed E-state index contributed by atoms with van der Waals surface area (Å²) in [6.45, 7) is 4.10. The normalized spacial score (nSPS) is 11.0. The Hall–Kier alpha value is -4.40. The number of para-hydroxylation sites is 1. The highest BCUT2D eigenvalue weighted by molar-refractivity contribution is 5.92. The van der Waals surface area contributed by atoms with Crippen LogP contribution in [0.5, 0.6) is 0 Å². The molecular formula is C28H30N4O5. The predicted molar refractivity (Wildman–Crippen MR) is 141 cm³/mol. The van der Waals surface area contributed by atoms with Crippen LogP contribution in [0.15, 0.2) is 74.9 Å². The van der Waals surface area contributed by atoms with Crippen molar-refractivity contribution in [3.05, 3.63) is 98.6 Å². The fourth-order valence-corrected chi connectivity index (χ4v) is 4.18. The lowest BCUT2D eigenvalue weighted by Crippen LogP contribution is -2.41. The van der Waals surface area contributed by atoms with Crippen molar-refractivity contribution in [2.45, 2.75) is 52.7 Å². The third-order valence-electron chi connectivity index (χ3n) is 6.39. The first-order valence-corrected chi connectivity index (χ1v) is 12.2. The Labute approximate surface area is 213 Å². The summed E-state index contributed by atoms with van der Waals surface area (Å²) in [6.07, 6.45) is 2.75. The molecular weight excluding hydrogens is 472 g/mol. The largest absolute Gasteiger partial charge is 0.467 e. The molecule has 37 heavy (non-hydrogen) atoms. The summed E-state index contributed by atoms with van der Waals surface area (Å²) in [5, 5.41) is 6.01. The van der Waals surface area contributed by atoms with E-state index in [1.165, 1.54) is 4.57 Å². The molecule has 0 atom stereocenters. The third kappa shape index (κ3) is 6.06. The van der Waals surface area contributed by atoms with Crippen molar-refractivity contribution >= 4 is 28.4 Å². The quantitative estimate of drug-likeness (QED) is 0.322. The second-order valence-electron chi connectivity index (χ2n) is 8.95. The molecule has 0 aliphatic carbocycles. The highest BCUT2D eigenvalue weighted by atomic mass is 16.3. The molecule has 2 aromatic carbocycles. The second kappa shape index (κ2) is 11.6. The Morgan fingerprint density at radius 1 is 0.892 bits per heavy atom. The molecule has 0 bridgehead atoms. The number of rotatable bonds is 10. The Bertz CT molecular complexity index is 1530. The molecule has 0 fully saturated rings. The maximum atomic E-state index is 13.3. The molecule has 2 N–H and O–H groups in total. The van der Waals surface area contributed by atoms with Gasteiger partial charge in [0.25, 0.3) is 5.56 Å². The number of carbonyl (C=O) groups is 2. The van der Waals surface area contributed by atoms with E-state index in [2.05, 4.69) is 10.6 Å². The highest BCUT2D eigenvalue weighted by Crippen LogP contribution is 2.18. The molecule has 0 saturated carbocycles. The van der Waals surface area contributed by atoms with Gasteiger partial charge < -0.3 is 15.1 Å². The second-order valence-corrected chi connectivity index (χ2v) is 8.95. The van der Waals surface area contributed by atoms with E-state index in [1.54, 1.807) is 42.7 Å². The SMILES string of the molecule is Cc1cccc(NC(=O)Cn2c(=O)n(CCCCC(=O)NCc3ccco3)c(=O)c3ccccc32)c1C. The van der Waals surface area contributed by atoms with E-state index in [4.69, 9.17) is 4.42 Å². The van der Waals surface area contributed by atoms with Gasteiger partial charge in [-0.05, 0) is 68.1 Å². The number of nitrogens with zero attached hydrogens (tertiary/aromatic N) is 2. The molecule has 2 aromatic heterocycles. The first-order chi connectivity index (χ1) is 17.8. The van der Waals surface area contributed by atoms with Crippen molar-refractivity contribution in [2.75, 3.05) is 5.32 Å². The van der Waals surface area contributed by atoms with Crippen LogP contribution in [0.1, 0.15) is 36.1 Å². The standard InChI is InChI=1S/C28H30N4O5/c1-19-9-7-12-23(20(19)2)30-26(34)18-32-24-13-4-3-11-22(24)27(35)31(28(32)36)15-6-5-14-25(33)29-17-21-10-8-16-37-21/h3-4,7-13,16H,5-6,14-15,17-18H2,1-2H3,(H,29,33)(H,30,34). The number of hydrogen-bond acceptors (Lipinski definition) is 5. The number of furan rings is 1. The molecule has 2 heterocycles. The zero-order valence-corrected chi connectivity index (χ0v) is 21.0. The molecule has 4 rings (SSSR count). The lowest BCUT2D eigenvalue weighted by molar-refractivity contribution is -0.121. The van der Waals surface area contributed by atoms with Crippen LogP contribution in [0.4, 0.5) is 5.69 Å². The van der Waals surface area contributed by atoms with Crippen LogP contribution >= 0.6 is 0 Å². The lowest BCUT2D eigenvalue weighted by atomic mass is 10.1. The average Bonchev–Trinajstić information content (AvgIpc) is 3.41. The van der Waals surface area contributed by atoms with Crippen molar-refractivity contribution < 1.29 is 14.0 Å². The first kappa shape index (κ1) is 25.7. The van der Waals surface area contributed by atoms with Crippen molar-refractivity contribution in [3.8, 4) is 0 Å². The summed E-state index contributed by atoms with van der Waals surface area (Å²) in [5.74, 6) is 0.167. The molecule has 0 aliphatic heterocycles. The monoisotopic (exact) mass is 502 g/mol. The number of anilines is 1. The first-order valence-electron chi connectivity index (χ1n) is 12.2. The fourth-order valence-electron chi connectivity index (χ4n) is 4.18. The molecule has 0 aliphatic rings. The number of fused-ring (bicyclic) bond motifs is 1. The summed E-state index contributed by atoms with van der Waals surface area (Å²) in [4.78, 5) is 51.4. The van der Waals surface area contributed by atoms with E-state index in [1.807, 2.05) is 32.0 Å². The van der Waals surface area contributed by atoms with Gasteiger partial charge >= 0.3 is 5.69 Å². The van der Waals surface area contributed by atoms with E-state index in [9.17, 15) is 19.2 Å². The summed E-state index contributed by atoms with van der Waals surface area (Å²) in [6, 6.07) is 15.9. The average molecular weight is 503 g/mol.